The number of aromatic nitrogens is 1. The van der Waals surface area contributed by atoms with Crippen LogP contribution in [0.15, 0.2) is 30.5 Å². The van der Waals surface area contributed by atoms with Gasteiger partial charge in [-0.2, -0.15) is 5.26 Å². The summed E-state index contributed by atoms with van der Waals surface area (Å²) in [6.07, 6.45) is 4.15. The van der Waals surface area contributed by atoms with Gasteiger partial charge in [0.2, 0.25) is 0 Å². The van der Waals surface area contributed by atoms with Gasteiger partial charge in [-0.15, -0.1) is 0 Å². The summed E-state index contributed by atoms with van der Waals surface area (Å²) in [5.41, 5.74) is 8.50. The minimum absolute atomic E-state index is 0.144. The number of anilines is 2. The van der Waals surface area contributed by atoms with Crippen LogP contribution in [0.5, 0.6) is 0 Å². The van der Waals surface area contributed by atoms with Crippen LogP contribution in [0.25, 0.3) is 5.69 Å². The zero-order valence-electron chi connectivity index (χ0n) is 15.4. The summed E-state index contributed by atoms with van der Waals surface area (Å²) in [6.45, 7) is 4.42. The highest BCUT2D eigenvalue weighted by atomic mass is 16.5. The molecule has 2 aromatic rings. The molecule has 7 nitrogen and oxygen atoms in total. The van der Waals surface area contributed by atoms with Crippen LogP contribution in [0.2, 0.25) is 0 Å². The Hall–Kier alpha value is -2.98. The lowest BCUT2D eigenvalue weighted by Gasteiger charge is -2.38. The van der Waals surface area contributed by atoms with Crippen LogP contribution >= 0.6 is 0 Å². The van der Waals surface area contributed by atoms with Crippen LogP contribution in [0.4, 0.5) is 11.4 Å². The number of nitrogen functional groups attached to an aromatic ring is 1. The van der Waals surface area contributed by atoms with Crippen molar-refractivity contribution in [1.82, 2.24) is 9.47 Å². The molecule has 27 heavy (non-hydrogen) atoms. The second-order valence-corrected chi connectivity index (χ2v) is 7.07. The van der Waals surface area contributed by atoms with Gasteiger partial charge in [-0.3, -0.25) is 4.90 Å². The van der Waals surface area contributed by atoms with E-state index in [2.05, 4.69) is 21.9 Å². The van der Waals surface area contributed by atoms with Gasteiger partial charge in [0.25, 0.3) is 0 Å². The molecular weight excluding hydrogens is 342 g/mol. The molecule has 4 rings (SSSR count). The van der Waals surface area contributed by atoms with Crippen molar-refractivity contribution >= 4 is 17.3 Å². The molecule has 2 N–H and O–H groups in total. The van der Waals surface area contributed by atoms with Gasteiger partial charge in [-0.25, -0.2) is 4.79 Å². The number of carbonyl (C=O) groups is 1. The fraction of sp³-hybridized carbons (Fsp3) is 0.400. The van der Waals surface area contributed by atoms with Crippen molar-refractivity contribution in [2.75, 3.05) is 43.9 Å². The summed E-state index contributed by atoms with van der Waals surface area (Å²) in [5.74, 6) is -0.560. The van der Waals surface area contributed by atoms with E-state index >= 15 is 0 Å². The summed E-state index contributed by atoms with van der Waals surface area (Å²) in [7, 11) is 1.30. The first-order valence-corrected chi connectivity index (χ1v) is 9.21. The summed E-state index contributed by atoms with van der Waals surface area (Å²) in [5, 5.41) is 9.24. The van der Waals surface area contributed by atoms with Gasteiger partial charge in [0, 0.05) is 43.2 Å². The third-order valence-corrected chi connectivity index (χ3v) is 5.62. The van der Waals surface area contributed by atoms with Crippen LogP contribution in [-0.2, 0) is 4.74 Å². The lowest BCUT2D eigenvalue weighted by Crippen LogP contribution is -2.50. The molecule has 0 bridgehead atoms. The molecule has 3 heterocycles. The Morgan fingerprint density at radius 3 is 2.67 bits per heavy atom. The number of nitrogens with two attached hydrogens (primary N) is 1. The first-order chi connectivity index (χ1) is 13.1. The van der Waals surface area contributed by atoms with Gasteiger partial charge in [0.05, 0.1) is 18.4 Å². The molecule has 2 saturated heterocycles. The highest BCUT2D eigenvalue weighted by Gasteiger charge is 2.30. The highest BCUT2D eigenvalue weighted by molar-refractivity contribution is 5.96. The number of methoxy groups -OCH3 is 1. The average Bonchev–Trinajstić information content (AvgIpc) is 3.31. The Morgan fingerprint density at radius 2 is 1.96 bits per heavy atom. The van der Waals surface area contributed by atoms with E-state index in [0.717, 1.165) is 25.3 Å². The maximum Gasteiger partial charge on any atom is 0.357 e. The van der Waals surface area contributed by atoms with Crippen LogP contribution in [0.3, 0.4) is 0 Å². The molecule has 1 atom stereocenters. The van der Waals surface area contributed by atoms with Gasteiger partial charge in [-0.1, -0.05) is 0 Å². The van der Waals surface area contributed by atoms with Crippen LogP contribution < -0.4 is 10.6 Å². The van der Waals surface area contributed by atoms with E-state index in [4.69, 9.17) is 10.5 Å². The molecule has 1 aromatic heterocycles. The second-order valence-electron chi connectivity index (χ2n) is 7.07. The summed E-state index contributed by atoms with van der Waals surface area (Å²) >= 11 is 0. The third-order valence-electron chi connectivity index (χ3n) is 5.62. The summed E-state index contributed by atoms with van der Waals surface area (Å²) in [6, 6.07) is 10.7. The number of nitrogens with zero attached hydrogens (tertiary/aromatic N) is 4. The van der Waals surface area contributed by atoms with Gasteiger partial charge >= 0.3 is 5.97 Å². The van der Waals surface area contributed by atoms with Crippen LogP contribution in [0.1, 0.15) is 28.9 Å². The fourth-order valence-electron chi connectivity index (χ4n) is 4.17. The predicted molar refractivity (Wildman–Crippen MR) is 103 cm³/mol. The molecule has 0 radical (unpaired) electrons. The average molecular weight is 365 g/mol. The molecule has 0 spiro atoms. The minimum Gasteiger partial charge on any atom is -0.464 e. The molecule has 1 aromatic carbocycles. The van der Waals surface area contributed by atoms with Crippen molar-refractivity contribution in [3.05, 3.63) is 41.7 Å². The number of piperazine rings is 1. The highest BCUT2D eigenvalue weighted by Crippen LogP contribution is 2.28. The van der Waals surface area contributed by atoms with Gasteiger partial charge in [0.1, 0.15) is 6.07 Å². The lowest BCUT2D eigenvalue weighted by molar-refractivity contribution is 0.0593. The Balaban J connectivity index is 1.61. The van der Waals surface area contributed by atoms with Gasteiger partial charge in [0.15, 0.2) is 5.69 Å². The molecule has 2 fully saturated rings. The SMILES string of the molecule is COC(=O)c1c(N)c(C#N)cn1-c1ccc(N2CCN3CCCC3C2)cc1. The van der Waals surface area contributed by atoms with Crippen LogP contribution in [-0.4, -0.2) is 54.8 Å². The van der Waals surface area contributed by atoms with Crippen molar-refractivity contribution < 1.29 is 9.53 Å². The number of esters is 1. The third kappa shape index (κ3) is 3.02. The Bertz CT molecular complexity index is 896. The van der Waals surface area contributed by atoms with E-state index in [1.807, 2.05) is 18.2 Å². The second kappa shape index (κ2) is 6.97. The maximum absolute atomic E-state index is 12.1. The fourth-order valence-corrected chi connectivity index (χ4v) is 4.17. The molecule has 0 amide bonds. The normalized spacial score (nSPS) is 19.6. The number of hydrogen-bond acceptors (Lipinski definition) is 6. The molecule has 0 aliphatic carbocycles. The smallest absolute Gasteiger partial charge is 0.357 e. The van der Waals surface area contributed by atoms with E-state index in [1.54, 1.807) is 10.8 Å². The van der Waals surface area contributed by atoms with E-state index < -0.39 is 5.97 Å². The van der Waals surface area contributed by atoms with Crippen molar-refractivity contribution in [2.45, 2.75) is 18.9 Å². The van der Waals surface area contributed by atoms with Crippen molar-refractivity contribution in [3.8, 4) is 11.8 Å². The molecule has 1 unspecified atom stereocenters. The topological polar surface area (TPSA) is 87.5 Å². The summed E-state index contributed by atoms with van der Waals surface area (Å²) in [4.78, 5) is 17.1. The molecule has 2 aliphatic heterocycles. The zero-order chi connectivity index (χ0) is 19.0. The first kappa shape index (κ1) is 17.4. The standard InChI is InChI=1S/C20H23N5O2/c1-27-20(26)19-18(22)14(11-21)12-25(19)16-6-4-15(5-7-16)24-10-9-23-8-2-3-17(23)13-24/h4-7,12,17H,2-3,8-10,13,22H2,1H3. The molecule has 7 heteroatoms. The summed E-state index contributed by atoms with van der Waals surface area (Å²) < 4.78 is 6.46. The van der Waals surface area contributed by atoms with Crippen LogP contribution in [0, 0.1) is 11.3 Å². The zero-order valence-corrected chi connectivity index (χ0v) is 15.4. The first-order valence-electron chi connectivity index (χ1n) is 9.21. The predicted octanol–water partition coefficient (Wildman–Crippen LogP) is 2.00. The number of hydrogen-bond donors (Lipinski definition) is 1. The number of nitriles is 1. The number of benzene rings is 1. The number of ether oxygens (including phenoxy) is 1. The molecule has 0 saturated carbocycles. The number of carbonyl (C=O) groups excluding carboxylic acids is 1. The van der Waals surface area contributed by atoms with Crippen molar-refractivity contribution in [3.63, 3.8) is 0 Å². The van der Waals surface area contributed by atoms with Gasteiger partial charge in [-0.05, 0) is 43.7 Å². The lowest BCUT2D eigenvalue weighted by atomic mass is 10.1. The quantitative estimate of drug-likeness (QED) is 0.837. The molecule has 140 valence electrons. The maximum atomic E-state index is 12.1. The van der Waals surface area contributed by atoms with E-state index in [1.165, 1.54) is 32.2 Å². The van der Waals surface area contributed by atoms with Gasteiger partial charge < -0.3 is 19.9 Å². The largest absolute Gasteiger partial charge is 0.464 e. The molecular formula is C20H23N5O2. The monoisotopic (exact) mass is 365 g/mol. The molecule has 2 aliphatic rings. The Morgan fingerprint density at radius 1 is 1.22 bits per heavy atom. The Kier molecular flexibility index (Phi) is 4.50. The number of rotatable bonds is 3. The van der Waals surface area contributed by atoms with Crippen molar-refractivity contribution in [2.24, 2.45) is 0 Å². The number of fused-ring (bicyclic) bond motifs is 1. The minimum atomic E-state index is -0.560. The Labute approximate surface area is 158 Å². The van der Waals surface area contributed by atoms with E-state index in [0.29, 0.717) is 6.04 Å². The van der Waals surface area contributed by atoms with Crippen molar-refractivity contribution in [1.29, 1.82) is 5.26 Å². The van der Waals surface area contributed by atoms with E-state index in [9.17, 15) is 10.1 Å². The van der Waals surface area contributed by atoms with E-state index in [-0.39, 0.29) is 16.9 Å².